The molecule has 1 aliphatic heterocycles. The van der Waals surface area contributed by atoms with Crippen LogP contribution in [0.1, 0.15) is 12.8 Å². The lowest BCUT2D eigenvalue weighted by atomic mass is 9.79. The first-order valence-electron chi connectivity index (χ1n) is 6.93. The van der Waals surface area contributed by atoms with Crippen molar-refractivity contribution in [3.8, 4) is 0 Å². The summed E-state index contributed by atoms with van der Waals surface area (Å²) in [5, 5.41) is 2.98. The van der Waals surface area contributed by atoms with E-state index < -0.39 is 5.41 Å². The number of thiocarbonyl (C=S) groups is 1. The summed E-state index contributed by atoms with van der Waals surface area (Å²) in [7, 11) is 3.87. The number of carbonyl (C=O) groups is 1. The molecule has 0 unspecified atom stereocenters. The highest BCUT2D eigenvalue weighted by Crippen LogP contribution is 2.34. The molecule has 0 spiro atoms. The zero-order chi connectivity index (χ0) is 15.5. The second-order valence-electron chi connectivity index (χ2n) is 5.42. The molecule has 1 aliphatic rings. The van der Waals surface area contributed by atoms with Gasteiger partial charge < -0.3 is 20.7 Å². The number of nitrogens with one attached hydrogen (secondary N) is 1. The first-order valence-corrected chi connectivity index (χ1v) is 7.34. The van der Waals surface area contributed by atoms with E-state index in [9.17, 15) is 4.79 Å². The molecule has 114 valence electrons. The van der Waals surface area contributed by atoms with Gasteiger partial charge in [-0.15, -0.1) is 0 Å². The lowest BCUT2D eigenvalue weighted by Gasteiger charge is -2.35. The molecule has 2 rings (SSSR count). The number of hydrogen-bond acceptors (Lipinski definition) is 4. The van der Waals surface area contributed by atoms with E-state index in [1.54, 1.807) is 0 Å². The van der Waals surface area contributed by atoms with Crippen molar-refractivity contribution in [3.05, 3.63) is 24.3 Å². The lowest BCUT2D eigenvalue weighted by molar-refractivity contribution is -0.126. The Labute approximate surface area is 130 Å². The fourth-order valence-electron chi connectivity index (χ4n) is 2.52. The van der Waals surface area contributed by atoms with Crippen LogP contribution in [0.25, 0.3) is 0 Å². The molecule has 0 atom stereocenters. The zero-order valence-electron chi connectivity index (χ0n) is 12.4. The van der Waals surface area contributed by atoms with Crippen molar-refractivity contribution >= 4 is 34.5 Å². The van der Waals surface area contributed by atoms with Crippen LogP contribution < -0.4 is 16.0 Å². The second-order valence-corrected chi connectivity index (χ2v) is 5.86. The summed E-state index contributed by atoms with van der Waals surface area (Å²) in [6, 6.07) is 7.65. The van der Waals surface area contributed by atoms with Crippen LogP contribution in [0.15, 0.2) is 24.3 Å². The third-order valence-corrected chi connectivity index (χ3v) is 4.28. The van der Waals surface area contributed by atoms with E-state index in [0.717, 1.165) is 11.4 Å². The third kappa shape index (κ3) is 3.16. The number of para-hydroxylation sites is 2. The number of anilines is 2. The van der Waals surface area contributed by atoms with Crippen molar-refractivity contribution < 1.29 is 9.53 Å². The summed E-state index contributed by atoms with van der Waals surface area (Å²) < 4.78 is 5.33. The van der Waals surface area contributed by atoms with Gasteiger partial charge in [-0.3, -0.25) is 4.79 Å². The number of rotatable bonds is 4. The van der Waals surface area contributed by atoms with Gasteiger partial charge in [0.05, 0.1) is 16.4 Å². The van der Waals surface area contributed by atoms with Gasteiger partial charge in [-0.1, -0.05) is 24.4 Å². The molecule has 0 saturated carbocycles. The SMILES string of the molecule is CN(C)c1ccccc1NC(=O)C1(C(N)=S)CCOCC1. The van der Waals surface area contributed by atoms with Crippen LogP contribution in [-0.2, 0) is 9.53 Å². The molecule has 21 heavy (non-hydrogen) atoms. The van der Waals surface area contributed by atoms with E-state index in [-0.39, 0.29) is 10.9 Å². The summed E-state index contributed by atoms with van der Waals surface area (Å²) in [6.45, 7) is 1.00. The molecule has 1 heterocycles. The summed E-state index contributed by atoms with van der Waals surface area (Å²) in [5.74, 6) is -0.146. The Hall–Kier alpha value is -1.66. The number of nitrogens with two attached hydrogens (primary N) is 1. The molecule has 0 radical (unpaired) electrons. The number of benzene rings is 1. The zero-order valence-corrected chi connectivity index (χ0v) is 13.2. The van der Waals surface area contributed by atoms with Gasteiger partial charge in [0.2, 0.25) is 5.91 Å². The summed E-state index contributed by atoms with van der Waals surface area (Å²) in [6.07, 6.45) is 1.05. The van der Waals surface area contributed by atoms with Crippen LogP contribution >= 0.6 is 12.2 Å². The molecule has 1 saturated heterocycles. The van der Waals surface area contributed by atoms with Crippen molar-refractivity contribution in [1.82, 2.24) is 0 Å². The largest absolute Gasteiger partial charge is 0.392 e. The molecule has 1 amide bonds. The van der Waals surface area contributed by atoms with E-state index in [1.807, 2.05) is 43.3 Å². The minimum absolute atomic E-state index is 0.146. The van der Waals surface area contributed by atoms with Crippen molar-refractivity contribution in [2.24, 2.45) is 11.1 Å². The highest BCUT2D eigenvalue weighted by Gasteiger charge is 2.43. The molecule has 1 aromatic rings. The maximum Gasteiger partial charge on any atom is 0.237 e. The number of amides is 1. The summed E-state index contributed by atoms with van der Waals surface area (Å²) in [5.41, 5.74) is 6.75. The first-order chi connectivity index (χ1) is 9.97. The van der Waals surface area contributed by atoms with E-state index in [1.165, 1.54) is 0 Å². The molecule has 0 bridgehead atoms. The molecule has 0 aliphatic carbocycles. The Kier molecular flexibility index (Phi) is 4.80. The smallest absolute Gasteiger partial charge is 0.237 e. The van der Waals surface area contributed by atoms with E-state index in [0.29, 0.717) is 26.1 Å². The minimum atomic E-state index is -0.812. The van der Waals surface area contributed by atoms with Gasteiger partial charge in [0.15, 0.2) is 0 Å². The van der Waals surface area contributed by atoms with E-state index >= 15 is 0 Å². The fourth-order valence-corrected chi connectivity index (χ4v) is 2.81. The molecule has 1 aromatic carbocycles. The Balaban J connectivity index is 2.26. The molecular weight excluding hydrogens is 286 g/mol. The number of hydrogen-bond donors (Lipinski definition) is 2. The predicted molar refractivity (Wildman–Crippen MR) is 88.7 cm³/mol. The van der Waals surface area contributed by atoms with Crippen LogP contribution in [0.4, 0.5) is 11.4 Å². The van der Waals surface area contributed by atoms with E-state index in [4.69, 9.17) is 22.7 Å². The van der Waals surface area contributed by atoms with Crippen LogP contribution in [0.3, 0.4) is 0 Å². The Bertz CT molecular complexity index is 539. The van der Waals surface area contributed by atoms with Gasteiger partial charge in [0.1, 0.15) is 5.41 Å². The third-order valence-electron chi connectivity index (χ3n) is 3.89. The molecule has 5 nitrogen and oxygen atoms in total. The van der Waals surface area contributed by atoms with Crippen LogP contribution in [0.5, 0.6) is 0 Å². The van der Waals surface area contributed by atoms with Gasteiger partial charge in [-0.05, 0) is 25.0 Å². The van der Waals surface area contributed by atoms with Crippen molar-refractivity contribution in [1.29, 1.82) is 0 Å². The minimum Gasteiger partial charge on any atom is -0.392 e. The molecule has 1 fully saturated rings. The van der Waals surface area contributed by atoms with Gasteiger partial charge in [0.25, 0.3) is 0 Å². The van der Waals surface area contributed by atoms with Crippen LogP contribution in [0.2, 0.25) is 0 Å². The average Bonchev–Trinajstić information content (AvgIpc) is 2.48. The monoisotopic (exact) mass is 307 g/mol. The number of nitrogens with zero attached hydrogens (tertiary/aromatic N) is 1. The van der Waals surface area contributed by atoms with E-state index in [2.05, 4.69) is 5.32 Å². The number of ether oxygens (including phenoxy) is 1. The molecule has 6 heteroatoms. The van der Waals surface area contributed by atoms with Gasteiger partial charge in [0, 0.05) is 27.3 Å². The lowest BCUT2D eigenvalue weighted by Crippen LogP contribution is -2.49. The second kappa shape index (κ2) is 6.41. The predicted octanol–water partition coefficient (Wildman–Crippen LogP) is 1.77. The van der Waals surface area contributed by atoms with Gasteiger partial charge >= 0.3 is 0 Å². The molecular formula is C15H21N3O2S. The van der Waals surface area contributed by atoms with Crippen molar-refractivity contribution in [2.45, 2.75) is 12.8 Å². The normalized spacial score (nSPS) is 17.0. The van der Waals surface area contributed by atoms with Gasteiger partial charge in [-0.2, -0.15) is 0 Å². The maximum atomic E-state index is 12.8. The average molecular weight is 307 g/mol. The summed E-state index contributed by atoms with van der Waals surface area (Å²) in [4.78, 5) is 14.9. The molecule has 0 aromatic heterocycles. The number of carbonyl (C=O) groups excluding carboxylic acids is 1. The highest BCUT2D eigenvalue weighted by molar-refractivity contribution is 7.80. The first kappa shape index (κ1) is 15.7. The van der Waals surface area contributed by atoms with Crippen LogP contribution in [0, 0.1) is 5.41 Å². The Morgan fingerprint density at radius 2 is 1.95 bits per heavy atom. The highest BCUT2D eigenvalue weighted by atomic mass is 32.1. The fraction of sp³-hybridized carbons (Fsp3) is 0.467. The molecule has 3 N–H and O–H groups in total. The van der Waals surface area contributed by atoms with Crippen molar-refractivity contribution in [2.75, 3.05) is 37.5 Å². The maximum absolute atomic E-state index is 12.8. The topological polar surface area (TPSA) is 67.6 Å². The standard InChI is InChI=1S/C15H21N3O2S/c1-18(2)12-6-4-3-5-11(12)17-14(19)15(13(16)21)7-9-20-10-8-15/h3-6H,7-10H2,1-2H3,(H2,16,21)(H,17,19). The summed E-state index contributed by atoms with van der Waals surface area (Å²) >= 11 is 5.16. The van der Waals surface area contributed by atoms with Gasteiger partial charge in [-0.25, -0.2) is 0 Å². The van der Waals surface area contributed by atoms with Crippen molar-refractivity contribution in [3.63, 3.8) is 0 Å². The Morgan fingerprint density at radius 1 is 1.33 bits per heavy atom. The quantitative estimate of drug-likeness (QED) is 0.830. The Morgan fingerprint density at radius 3 is 2.52 bits per heavy atom. The van der Waals surface area contributed by atoms with Crippen LogP contribution in [-0.4, -0.2) is 38.2 Å².